The van der Waals surface area contributed by atoms with Crippen LogP contribution in [0.2, 0.25) is 0 Å². The molecule has 0 radical (unpaired) electrons. The van der Waals surface area contributed by atoms with Crippen LogP contribution in [0.3, 0.4) is 0 Å². The minimum Gasteiger partial charge on any atom is -0.374 e. The van der Waals surface area contributed by atoms with Gasteiger partial charge >= 0.3 is 23.5 Å². The number of aliphatic hydroxyl groups is 1. The maximum atomic E-state index is 15.4. The Kier molecular flexibility index (Phi) is 7.42. The summed E-state index contributed by atoms with van der Waals surface area (Å²) in [4.78, 5) is 58.9. The van der Waals surface area contributed by atoms with E-state index < -0.39 is 71.3 Å². The summed E-state index contributed by atoms with van der Waals surface area (Å²) in [5.74, 6) is -6.29. The van der Waals surface area contributed by atoms with Crippen LogP contribution in [-0.4, -0.2) is 60.7 Å². The van der Waals surface area contributed by atoms with E-state index >= 15 is 4.39 Å². The number of ether oxygens (including phenoxy) is 1. The molecular weight excluding hydrogens is 506 g/mol. The van der Waals surface area contributed by atoms with Crippen LogP contribution in [0.4, 0.5) is 4.39 Å². The molecule has 32 heavy (non-hydrogen) atoms. The number of carbonyl (C=O) groups is 2. The zero-order valence-electron chi connectivity index (χ0n) is 15.8. The summed E-state index contributed by atoms with van der Waals surface area (Å²) >= 11 is 0. The van der Waals surface area contributed by atoms with E-state index in [4.69, 9.17) is 25.8 Å². The molecule has 0 saturated carbocycles. The number of phosphoric acid groups is 3. The Morgan fingerprint density at radius 3 is 2.31 bits per heavy atom. The zero-order chi connectivity index (χ0) is 24.8. The average molecular weight is 523 g/mol. The first-order valence-electron chi connectivity index (χ1n) is 8.22. The lowest BCUT2D eigenvalue weighted by Crippen LogP contribution is -2.51. The number of imide groups is 1. The molecule has 0 aliphatic carbocycles. The summed E-state index contributed by atoms with van der Waals surface area (Å²) in [6.07, 6.45) is 5.37. The van der Waals surface area contributed by atoms with Gasteiger partial charge in [0.05, 0.1) is 11.8 Å². The first-order valence-corrected chi connectivity index (χ1v) is 12.7. The van der Waals surface area contributed by atoms with E-state index in [0.717, 1.165) is 19.1 Å². The number of rotatable bonds is 8. The third kappa shape index (κ3) is 5.98. The van der Waals surface area contributed by atoms with Gasteiger partial charge < -0.3 is 29.4 Å². The van der Waals surface area contributed by atoms with Crippen molar-refractivity contribution in [2.45, 2.75) is 24.5 Å². The SMILES string of the molecule is C#C[C@]1(O)[C@H](C2C=CC(=O)NC2=O)O[C@](F)(COP(=O)(O)OP(=O)(O)OP(=O)(O)O)[C@H]1C. The van der Waals surface area contributed by atoms with Gasteiger partial charge in [0.25, 0.3) is 0 Å². The molecule has 2 aliphatic rings. The zero-order valence-corrected chi connectivity index (χ0v) is 18.5. The Balaban J connectivity index is 2.22. The largest absolute Gasteiger partial charge is 0.490 e. The average Bonchev–Trinajstić information content (AvgIpc) is 2.80. The van der Waals surface area contributed by atoms with Crippen molar-refractivity contribution in [1.29, 1.82) is 0 Å². The van der Waals surface area contributed by atoms with E-state index in [1.54, 1.807) is 0 Å². The highest BCUT2D eigenvalue weighted by Crippen LogP contribution is 2.66. The highest BCUT2D eigenvalue weighted by Gasteiger charge is 2.65. The second kappa shape index (κ2) is 8.81. The molecule has 1 fully saturated rings. The Hall–Kier alpha value is -1.30. The molecule has 3 unspecified atom stereocenters. The molecule has 0 aromatic rings. The van der Waals surface area contributed by atoms with Gasteiger partial charge in [-0.3, -0.25) is 19.4 Å². The molecule has 7 atom stereocenters. The van der Waals surface area contributed by atoms with Crippen molar-refractivity contribution in [2.24, 2.45) is 11.8 Å². The molecule has 2 heterocycles. The number of hydrogen-bond donors (Lipinski definition) is 6. The maximum Gasteiger partial charge on any atom is 0.490 e. The van der Waals surface area contributed by atoms with Crippen molar-refractivity contribution in [2.75, 3.05) is 6.61 Å². The van der Waals surface area contributed by atoms with Gasteiger partial charge in [0.1, 0.15) is 12.7 Å². The van der Waals surface area contributed by atoms with Crippen LogP contribution in [0.1, 0.15) is 6.92 Å². The van der Waals surface area contributed by atoms with Crippen LogP contribution in [0.25, 0.3) is 0 Å². The molecular formula is C13H17FNO14P3. The fourth-order valence-corrected chi connectivity index (χ4v) is 5.96. The Bertz CT molecular complexity index is 1020. The van der Waals surface area contributed by atoms with Gasteiger partial charge in [-0.2, -0.15) is 8.62 Å². The van der Waals surface area contributed by atoms with Crippen LogP contribution in [-0.2, 0) is 41.2 Å². The van der Waals surface area contributed by atoms with Crippen molar-refractivity contribution in [3.05, 3.63) is 12.2 Å². The lowest BCUT2D eigenvalue weighted by molar-refractivity contribution is -0.182. The number of alkyl halides is 1. The van der Waals surface area contributed by atoms with Crippen LogP contribution in [0.15, 0.2) is 12.2 Å². The molecule has 2 rings (SSSR count). The molecule has 0 spiro atoms. The lowest BCUT2D eigenvalue weighted by Gasteiger charge is -2.30. The number of halogens is 1. The number of hydrogen-bond acceptors (Lipinski definition) is 10. The minimum absolute atomic E-state index is 0.791. The summed E-state index contributed by atoms with van der Waals surface area (Å²) in [5, 5.41) is 12.6. The molecule has 15 nitrogen and oxygen atoms in total. The van der Waals surface area contributed by atoms with Crippen molar-refractivity contribution >= 4 is 35.3 Å². The maximum absolute atomic E-state index is 15.4. The fourth-order valence-electron chi connectivity index (χ4n) is 2.93. The highest BCUT2D eigenvalue weighted by molar-refractivity contribution is 7.66. The topological polar surface area (TPSA) is 235 Å². The van der Waals surface area contributed by atoms with Crippen LogP contribution < -0.4 is 5.32 Å². The Labute approximate surface area is 179 Å². The van der Waals surface area contributed by atoms with Gasteiger partial charge in [-0.15, -0.1) is 6.42 Å². The highest BCUT2D eigenvalue weighted by atomic mass is 31.3. The second-order valence-corrected chi connectivity index (χ2v) is 11.0. The third-order valence-electron chi connectivity index (χ3n) is 4.47. The van der Waals surface area contributed by atoms with E-state index in [-0.39, 0.29) is 0 Å². The van der Waals surface area contributed by atoms with Crippen LogP contribution in [0, 0.1) is 24.2 Å². The minimum atomic E-state index is -5.85. The van der Waals surface area contributed by atoms with E-state index in [1.807, 2.05) is 11.2 Å². The lowest BCUT2D eigenvalue weighted by atomic mass is 9.78. The number of terminal acetylenes is 1. The van der Waals surface area contributed by atoms with Crippen LogP contribution in [0.5, 0.6) is 0 Å². The van der Waals surface area contributed by atoms with Gasteiger partial charge in [-0.1, -0.05) is 18.9 Å². The summed E-state index contributed by atoms with van der Waals surface area (Å²) in [6.45, 7) is -0.578. The standard InChI is InChI=1S/C13H17FNO14P3/c1-3-12(18)7(2)13(14,27-10(12)8-4-5-9(16)15-11(8)17)6-26-31(22,23)29-32(24,25)28-30(19,20)21/h1,4-5,7-8,10,18H,6H2,2H3,(H,22,23)(H,24,25)(H,15,16,17)(H2,19,20,21)/t7-,8?,10-,12+,13+/m0/s1. The van der Waals surface area contributed by atoms with Crippen molar-refractivity contribution in [3.63, 3.8) is 0 Å². The normalized spacial score (nSPS) is 36.8. The fraction of sp³-hybridized carbons (Fsp3) is 0.538. The van der Waals surface area contributed by atoms with Gasteiger partial charge in [0.2, 0.25) is 17.7 Å². The number of nitrogens with one attached hydrogen (secondary N) is 1. The number of carbonyl (C=O) groups excluding carboxylic acids is 2. The van der Waals surface area contributed by atoms with E-state index in [9.17, 15) is 33.3 Å². The summed E-state index contributed by atoms with van der Waals surface area (Å²) < 4.78 is 65.5. The van der Waals surface area contributed by atoms with E-state index in [0.29, 0.717) is 0 Å². The van der Waals surface area contributed by atoms with E-state index in [2.05, 4.69) is 13.1 Å². The summed E-state index contributed by atoms with van der Waals surface area (Å²) in [5.41, 5.74) is -2.50. The molecule has 2 aliphatic heterocycles. The van der Waals surface area contributed by atoms with Gasteiger partial charge in [0, 0.05) is 6.08 Å². The molecule has 19 heteroatoms. The van der Waals surface area contributed by atoms with Gasteiger partial charge in [-0.25, -0.2) is 18.1 Å². The summed E-state index contributed by atoms with van der Waals surface area (Å²) in [6, 6.07) is 0. The predicted octanol–water partition coefficient (Wildman–Crippen LogP) is -0.776. The molecule has 2 amide bonds. The number of phosphoric ester groups is 1. The molecule has 180 valence electrons. The van der Waals surface area contributed by atoms with Gasteiger partial charge in [-0.05, 0) is 0 Å². The van der Waals surface area contributed by atoms with Crippen LogP contribution >= 0.6 is 23.5 Å². The van der Waals surface area contributed by atoms with E-state index in [1.165, 1.54) is 0 Å². The van der Waals surface area contributed by atoms with Crippen molar-refractivity contribution in [1.82, 2.24) is 5.32 Å². The van der Waals surface area contributed by atoms with Gasteiger partial charge in [0.15, 0.2) is 5.60 Å². The Morgan fingerprint density at radius 1 is 1.22 bits per heavy atom. The molecule has 6 N–H and O–H groups in total. The first-order chi connectivity index (χ1) is 14.3. The van der Waals surface area contributed by atoms with Crippen molar-refractivity contribution < 1.29 is 70.2 Å². The second-order valence-electron chi connectivity index (χ2n) is 6.62. The number of amides is 2. The Morgan fingerprint density at radius 2 is 1.81 bits per heavy atom. The summed E-state index contributed by atoms with van der Waals surface area (Å²) in [7, 11) is -17.2. The first kappa shape index (κ1) is 26.9. The molecule has 0 aromatic heterocycles. The smallest absolute Gasteiger partial charge is 0.374 e. The molecule has 1 saturated heterocycles. The third-order valence-corrected chi connectivity index (χ3v) is 8.25. The predicted molar refractivity (Wildman–Crippen MR) is 97.3 cm³/mol. The molecule has 0 bridgehead atoms. The monoisotopic (exact) mass is 523 g/mol. The quantitative estimate of drug-likeness (QED) is 0.130. The van der Waals surface area contributed by atoms with Crippen molar-refractivity contribution in [3.8, 4) is 12.3 Å². The molecule has 0 aromatic carbocycles.